The third-order valence-electron chi connectivity index (χ3n) is 12.2. The van der Waals surface area contributed by atoms with Crippen LogP contribution in [0.5, 0.6) is 0 Å². The normalized spacial score (nSPS) is 11.7. The smallest absolute Gasteiger partial charge is 0.305 e. The van der Waals surface area contributed by atoms with E-state index < -0.39 is 6.85 Å². The van der Waals surface area contributed by atoms with E-state index >= 15 is 0 Å². The molecule has 0 aliphatic heterocycles. The van der Waals surface area contributed by atoms with E-state index in [1.165, 1.54) is 0 Å². The van der Waals surface area contributed by atoms with E-state index in [4.69, 9.17) is 9.10 Å². The number of benzene rings is 8. The first kappa shape index (κ1) is 40.2. The summed E-state index contributed by atoms with van der Waals surface area (Å²) >= 11 is 0. The van der Waals surface area contributed by atoms with Gasteiger partial charge in [0, 0.05) is 28.3 Å². The van der Waals surface area contributed by atoms with E-state index in [1.807, 2.05) is 78.9 Å². The van der Waals surface area contributed by atoms with Gasteiger partial charge in [0.05, 0.1) is 0 Å². The summed E-state index contributed by atoms with van der Waals surface area (Å²) in [6.07, 6.45) is 5.27. The average molecular weight is 1050 g/mol. The largest absolute Gasteiger partial charge is 3.00 e. The van der Waals surface area contributed by atoms with Gasteiger partial charge in [-0.15, -0.1) is 89.5 Å². The zero-order valence-electron chi connectivity index (χ0n) is 39.7. The topological polar surface area (TPSA) is 38.7 Å². The summed E-state index contributed by atoms with van der Waals surface area (Å²) in [6, 6.07) is 84.5. The van der Waals surface area contributed by atoms with Crippen molar-refractivity contribution in [3.05, 3.63) is 261 Å². The Labute approximate surface area is 416 Å². The molecule has 11 aromatic rings. The molecule has 0 aliphatic rings. The summed E-state index contributed by atoms with van der Waals surface area (Å²) in [6.45, 7) is -2.33. The maximum Gasteiger partial charge on any atom is 3.00 e. The van der Waals surface area contributed by atoms with E-state index in [1.54, 1.807) is 24.7 Å². The number of nitrogens with zero attached hydrogens (tertiary/aromatic N) is 3. The van der Waals surface area contributed by atoms with Crippen LogP contribution in [0.2, 0.25) is 0 Å². The van der Waals surface area contributed by atoms with Gasteiger partial charge in [0.15, 0.2) is 0 Å². The summed E-state index contributed by atoms with van der Waals surface area (Å²) in [5.74, 6) is 0. The monoisotopic (exact) mass is 1050 g/mol. The summed E-state index contributed by atoms with van der Waals surface area (Å²) in [5, 5.41) is 0. The van der Waals surface area contributed by atoms with Crippen LogP contribution in [0.4, 0.5) is 0 Å². The van der Waals surface area contributed by atoms with Crippen molar-refractivity contribution in [3.63, 3.8) is 0 Å². The van der Waals surface area contributed by atoms with Crippen LogP contribution in [-0.2, 0) is 20.1 Å². The number of hydrogen-bond donors (Lipinski definition) is 0. The molecule has 0 spiro atoms. The van der Waals surface area contributed by atoms with Crippen molar-refractivity contribution in [3.8, 4) is 112 Å². The molecule has 4 heteroatoms. The Bertz CT molecular complexity index is 3460. The fraction of sp³-hybridized carbons (Fsp3) is 0.0156. The van der Waals surface area contributed by atoms with Crippen molar-refractivity contribution in [1.29, 1.82) is 0 Å². The number of hydrogen-bond acceptors (Lipinski definition) is 3. The Balaban J connectivity index is 0.00000582. The molecule has 0 atom stereocenters. The Kier molecular flexibility index (Phi) is 11.7. The van der Waals surface area contributed by atoms with Crippen molar-refractivity contribution in [2.45, 2.75) is 6.85 Å². The van der Waals surface area contributed by atoms with E-state index in [2.05, 4.69) is 162 Å². The quantitative estimate of drug-likeness (QED) is 0.128. The minimum Gasteiger partial charge on any atom is -0.305 e. The van der Waals surface area contributed by atoms with Gasteiger partial charge in [0.2, 0.25) is 0 Å². The van der Waals surface area contributed by atoms with Gasteiger partial charge >= 0.3 is 20.1 Å². The van der Waals surface area contributed by atoms with E-state index in [9.17, 15) is 0 Å². The SMILES string of the molecule is [2H]C([2H])([2H])c1cc(-c2[c-]cc(-c3ccccc3-c3cc(-c4ccccc4-c4c[c-]c(-c5ccccn5)cc4)cc(-c4ccccc4-c4c[c-]c(-c5ccccn5)cc4)c3)cc2)ncc1-c1ccccc1.[Ir+3]. The molecule has 0 saturated heterocycles. The minimum atomic E-state index is -2.33. The second-order valence-electron chi connectivity index (χ2n) is 16.3. The van der Waals surface area contributed by atoms with Crippen LogP contribution in [0.3, 0.4) is 0 Å². The second kappa shape index (κ2) is 19.8. The van der Waals surface area contributed by atoms with Crippen LogP contribution in [0.25, 0.3) is 112 Å². The maximum absolute atomic E-state index is 8.39. The van der Waals surface area contributed by atoms with Crippen LogP contribution in [0.15, 0.2) is 237 Å². The van der Waals surface area contributed by atoms with Crippen LogP contribution in [0.1, 0.15) is 9.68 Å². The van der Waals surface area contributed by atoms with Crippen molar-refractivity contribution in [2.24, 2.45) is 0 Å². The zero-order valence-corrected chi connectivity index (χ0v) is 39.1. The van der Waals surface area contributed by atoms with Crippen LogP contribution in [0, 0.1) is 25.1 Å². The molecule has 3 heterocycles. The molecule has 0 amide bonds. The fourth-order valence-electron chi connectivity index (χ4n) is 8.80. The van der Waals surface area contributed by atoms with Crippen molar-refractivity contribution < 1.29 is 24.2 Å². The van der Waals surface area contributed by atoms with Gasteiger partial charge in [-0.2, -0.15) is 0 Å². The Hall–Kier alpha value is -8.14. The van der Waals surface area contributed by atoms with Gasteiger partial charge in [-0.1, -0.05) is 167 Å². The van der Waals surface area contributed by atoms with Gasteiger partial charge < -0.3 is 15.0 Å². The second-order valence-corrected chi connectivity index (χ2v) is 16.3. The van der Waals surface area contributed by atoms with E-state index in [-0.39, 0.29) is 25.7 Å². The number of pyridine rings is 3. The molecule has 0 unspecified atom stereocenters. The predicted octanol–water partition coefficient (Wildman–Crippen LogP) is 16.2. The molecule has 0 radical (unpaired) electrons. The number of rotatable bonds is 10. The van der Waals surface area contributed by atoms with Crippen molar-refractivity contribution in [1.82, 2.24) is 15.0 Å². The maximum atomic E-state index is 8.39. The minimum absolute atomic E-state index is 0. The molecule has 11 rings (SSSR count). The van der Waals surface area contributed by atoms with Gasteiger partial charge in [0.25, 0.3) is 0 Å². The molecule has 68 heavy (non-hydrogen) atoms. The molecule has 8 aromatic carbocycles. The third-order valence-corrected chi connectivity index (χ3v) is 12.2. The standard InChI is InChI=1S/C64H42N3.Ir/c1-44-39-64(67-43-61(44)45-15-3-2-4-16-45)51-35-29-48(30-36-51)57-19-7-10-22-60(57)54-41-52(58-20-8-5-17-55(58)46-25-31-49(32-26-46)62-23-11-13-37-65-62)40-53(42-54)59-21-9-6-18-56(59)47-27-33-50(34-28-47)63-24-12-14-38-66-63;/h2-31,33,35,37-43H,1H3;/q-3;+3/i1D3;. The molecule has 0 saturated carbocycles. The summed E-state index contributed by atoms with van der Waals surface area (Å²) in [5.41, 5.74) is 19.3. The summed E-state index contributed by atoms with van der Waals surface area (Å²) in [4.78, 5) is 13.9. The first-order chi connectivity index (χ1) is 34.3. The van der Waals surface area contributed by atoms with Crippen LogP contribution in [-0.4, -0.2) is 15.0 Å². The van der Waals surface area contributed by atoms with Gasteiger partial charge in [0.1, 0.15) is 0 Å². The third kappa shape index (κ3) is 9.04. The molecule has 0 bridgehead atoms. The van der Waals surface area contributed by atoms with Crippen LogP contribution < -0.4 is 0 Å². The van der Waals surface area contributed by atoms with Gasteiger partial charge in [-0.3, -0.25) is 0 Å². The summed E-state index contributed by atoms with van der Waals surface area (Å²) in [7, 11) is 0. The van der Waals surface area contributed by atoms with E-state index in [0.29, 0.717) is 16.8 Å². The Morgan fingerprint density at radius 1 is 0.324 bits per heavy atom. The van der Waals surface area contributed by atoms with Crippen LogP contribution >= 0.6 is 0 Å². The first-order valence-electron chi connectivity index (χ1n) is 23.7. The first-order valence-corrected chi connectivity index (χ1v) is 22.2. The van der Waals surface area contributed by atoms with E-state index in [0.717, 1.165) is 94.8 Å². The molecule has 0 aliphatic carbocycles. The fourth-order valence-corrected chi connectivity index (χ4v) is 8.80. The molecule has 3 nitrogen and oxygen atoms in total. The zero-order chi connectivity index (χ0) is 47.4. The van der Waals surface area contributed by atoms with Gasteiger partial charge in [-0.05, 0) is 98.8 Å². The number of aromatic nitrogens is 3. The Morgan fingerprint density at radius 3 is 1.07 bits per heavy atom. The van der Waals surface area contributed by atoms with Gasteiger partial charge in [-0.25, -0.2) is 0 Å². The average Bonchev–Trinajstić information content (AvgIpc) is 3.43. The molecular weight excluding hydrogens is 1000 g/mol. The number of aryl methyl sites for hydroxylation is 1. The molecule has 322 valence electrons. The van der Waals surface area contributed by atoms with Crippen molar-refractivity contribution in [2.75, 3.05) is 0 Å². The molecule has 3 aromatic heterocycles. The summed E-state index contributed by atoms with van der Waals surface area (Å²) < 4.78 is 25.2. The van der Waals surface area contributed by atoms with Crippen molar-refractivity contribution >= 4 is 0 Å². The molecular formula is C64H42IrN3. The molecule has 0 N–H and O–H groups in total. The Morgan fingerprint density at radius 2 is 0.706 bits per heavy atom. The predicted molar refractivity (Wildman–Crippen MR) is 275 cm³/mol. The molecule has 0 fully saturated rings.